The lowest BCUT2D eigenvalue weighted by atomic mass is 10.1. The Morgan fingerprint density at radius 1 is 1.50 bits per heavy atom. The predicted octanol–water partition coefficient (Wildman–Crippen LogP) is 1.84. The SMILES string of the molecule is Clc1nc(NCCC2CCOC2)c2[nH]cnc2n1. The Kier molecular flexibility index (Phi) is 3.29. The fourth-order valence-corrected chi connectivity index (χ4v) is 2.30. The molecule has 6 nitrogen and oxygen atoms in total. The van der Waals surface area contributed by atoms with E-state index in [1.54, 1.807) is 6.33 Å². The highest BCUT2D eigenvalue weighted by Gasteiger charge is 2.15. The van der Waals surface area contributed by atoms with E-state index in [4.69, 9.17) is 16.3 Å². The van der Waals surface area contributed by atoms with Crippen molar-refractivity contribution in [3.05, 3.63) is 11.6 Å². The Hall–Kier alpha value is -1.40. The van der Waals surface area contributed by atoms with E-state index in [1.807, 2.05) is 0 Å². The molecular formula is C11H14ClN5O. The second-order valence-corrected chi connectivity index (χ2v) is 4.73. The van der Waals surface area contributed by atoms with Gasteiger partial charge in [0.1, 0.15) is 5.52 Å². The first-order valence-corrected chi connectivity index (χ1v) is 6.39. The van der Waals surface area contributed by atoms with Crippen molar-refractivity contribution in [1.82, 2.24) is 19.9 Å². The first kappa shape index (κ1) is 11.7. The van der Waals surface area contributed by atoms with Gasteiger partial charge in [0.05, 0.1) is 6.33 Å². The third kappa shape index (κ3) is 2.39. The molecule has 1 unspecified atom stereocenters. The lowest BCUT2D eigenvalue weighted by molar-refractivity contribution is 0.185. The quantitative estimate of drug-likeness (QED) is 0.827. The first-order chi connectivity index (χ1) is 8.83. The third-order valence-electron chi connectivity index (χ3n) is 3.13. The van der Waals surface area contributed by atoms with E-state index in [0.717, 1.165) is 38.1 Å². The summed E-state index contributed by atoms with van der Waals surface area (Å²) >= 11 is 5.85. The Labute approximate surface area is 109 Å². The monoisotopic (exact) mass is 267 g/mol. The standard InChI is InChI=1S/C11H14ClN5O/c12-11-16-9(8-10(17-11)15-6-14-8)13-3-1-7-2-4-18-5-7/h6-7H,1-5H2,(H2,13,14,15,16,17). The zero-order valence-corrected chi connectivity index (χ0v) is 10.6. The molecule has 18 heavy (non-hydrogen) atoms. The fraction of sp³-hybridized carbons (Fsp3) is 0.545. The molecule has 0 saturated carbocycles. The number of hydrogen-bond donors (Lipinski definition) is 2. The van der Waals surface area contributed by atoms with Crippen LogP contribution < -0.4 is 5.32 Å². The Balaban J connectivity index is 1.67. The minimum atomic E-state index is 0.210. The summed E-state index contributed by atoms with van der Waals surface area (Å²) in [5, 5.41) is 3.49. The molecule has 1 aliphatic rings. The van der Waals surface area contributed by atoms with Gasteiger partial charge in [0, 0.05) is 19.8 Å². The zero-order valence-electron chi connectivity index (χ0n) is 9.82. The van der Waals surface area contributed by atoms with Crippen molar-refractivity contribution in [1.29, 1.82) is 0 Å². The highest BCUT2D eigenvalue weighted by atomic mass is 35.5. The minimum Gasteiger partial charge on any atom is -0.381 e. The molecule has 3 rings (SSSR count). The Morgan fingerprint density at radius 3 is 3.28 bits per heavy atom. The van der Waals surface area contributed by atoms with Crippen LogP contribution in [0, 0.1) is 5.92 Å². The van der Waals surface area contributed by atoms with Gasteiger partial charge in [-0.3, -0.25) is 0 Å². The molecule has 0 aliphatic carbocycles. The number of halogens is 1. The van der Waals surface area contributed by atoms with E-state index < -0.39 is 0 Å². The van der Waals surface area contributed by atoms with E-state index in [9.17, 15) is 0 Å². The van der Waals surface area contributed by atoms with Gasteiger partial charge in [0.2, 0.25) is 5.28 Å². The lowest BCUT2D eigenvalue weighted by Crippen LogP contribution is -2.10. The number of nitrogens with zero attached hydrogens (tertiary/aromatic N) is 3. The van der Waals surface area contributed by atoms with Crippen LogP contribution in [-0.2, 0) is 4.74 Å². The third-order valence-corrected chi connectivity index (χ3v) is 3.30. The van der Waals surface area contributed by atoms with Crippen LogP contribution in [0.25, 0.3) is 11.2 Å². The summed E-state index contributed by atoms with van der Waals surface area (Å²) < 4.78 is 5.35. The average molecular weight is 268 g/mol. The van der Waals surface area contributed by atoms with Gasteiger partial charge in [-0.25, -0.2) is 4.98 Å². The maximum atomic E-state index is 5.85. The second-order valence-electron chi connectivity index (χ2n) is 4.39. The number of aromatic amines is 1. The van der Waals surface area contributed by atoms with E-state index in [2.05, 4.69) is 25.3 Å². The van der Waals surface area contributed by atoms with Crippen LogP contribution in [-0.4, -0.2) is 39.7 Å². The van der Waals surface area contributed by atoms with Gasteiger partial charge >= 0.3 is 0 Å². The summed E-state index contributed by atoms with van der Waals surface area (Å²) in [6, 6.07) is 0. The molecule has 1 fully saturated rings. The molecule has 0 bridgehead atoms. The van der Waals surface area contributed by atoms with E-state index >= 15 is 0 Å². The molecule has 0 radical (unpaired) electrons. The molecule has 0 amide bonds. The molecule has 2 N–H and O–H groups in total. The van der Waals surface area contributed by atoms with Crippen molar-refractivity contribution in [2.45, 2.75) is 12.8 Å². The first-order valence-electron chi connectivity index (χ1n) is 6.01. The van der Waals surface area contributed by atoms with Gasteiger partial charge < -0.3 is 15.0 Å². The van der Waals surface area contributed by atoms with Crippen molar-refractivity contribution in [3.63, 3.8) is 0 Å². The van der Waals surface area contributed by atoms with Crippen LogP contribution in [0.1, 0.15) is 12.8 Å². The number of fused-ring (bicyclic) bond motifs is 1. The van der Waals surface area contributed by atoms with Crippen molar-refractivity contribution in [3.8, 4) is 0 Å². The van der Waals surface area contributed by atoms with Gasteiger partial charge in [-0.05, 0) is 30.4 Å². The summed E-state index contributed by atoms with van der Waals surface area (Å²) in [5.41, 5.74) is 1.38. The van der Waals surface area contributed by atoms with Crippen LogP contribution in [0.5, 0.6) is 0 Å². The van der Waals surface area contributed by atoms with Gasteiger partial charge in [-0.15, -0.1) is 0 Å². The molecule has 2 aromatic rings. The van der Waals surface area contributed by atoms with Crippen LogP contribution >= 0.6 is 11.6 Å². The van der Waals surface area contributed by atoms with Crippen molar-refractivity contribution in [2.24, 2.45) is 5.92 Å². The van der Waals surface area contributed by atoms with E-state index in [0.29, 0.717) is 17.4 Å². The number of imidazole rings is 1. The maximum absolute atomic E-state index is 5.85. The fourth-order valence-electron chi connectivity index (χ4n) is 2.14. The van der Waals surface area contributed by atoms with E-state index in [1.165, 1.54) is 0 Å². The van der Waals surface area contributed by atoms with E-state index in [-0.39, 0.29) is 5.28 Å². The van der Waals surface area contributed by atoms with Crippen LogP contribution in [0.4, 0.5) is 5.82 Å². The summed E-state index contributed by atoms with van der Waals surface area (Å²) in [6.07, 6.45) is 3.80. The molecule has 96 valence electrons. The van der Waals surface area contributed by atoms with Crippen LogP contribution in [0.15, 0.2) is 6.33 Å². The molecule has 3 heterocycles. The highest BCUT2D eigenvalue weighted by molar-refractivity contribution is 6.28. The number of anilines is 1. The Morgan fingerprint density at radius 2 is 2.44 bits per heavy atom. The topological polar surface area (TPSA) is 75.7 Å². The molecule has 1 atom stereocenters. The summed E-state index contributed by atoms with van der Waals surface area (Å²) in [6.45, 7) is 2.59. The number of H-pyrrole nitrogens is 1. The number of rotatable bonds is 4. The average Bonchev–Trinajstić information content (AvgIpc) is 2.98. The minimum absolute atomic E-state index is 0.210. The lowest BCUT2D eigenvalue weighted by Gasteiger charge is -2.09. The highest BCUT2D eigenvalue weighted by Crippen LogP contribution is 2.20. The molecule has 0 aromatic carbocycles. The zero-order chi connectivity index (χ0) is 12.4. The largest absolute Gasteiger partial charge is 0.381 e. The summed E-state index contributed by atoms with van der Waals surface area (Å²) in [7, 11) is 0. The number of aromatic nitrogens is 4. The summed E-state index contributed by atoms with van der Waals surface area (Å²) in [5.74, 6) is 1.36. The van der Waals surface area contributed by atoms with Crippen LogP contribution in [0.3, 0.4) is 0 Å². The molecule has 1 aliphatic heterocycles. The van der Waals surface area contributed by atoms with Gasteiger partial charge in [-0.2, -0.15) is 9.97 Å². The number of hydrogen-bond acceptors (Lipinski definition) is 5. The van der Waals surface area contributed by atoms with Crippen molar-refractivity contribution >= 4 is 28.6 Å². The maximum Gasteiger partial charge on any atom is 0.226 e. The van der Waals surface area contributed by atoms with Crippen molar-refractivity contribution in [2.75, 3.05) is 25.1 Å². The van der Waals surface area contributed by atoms with Crippen LogP contribution in [0.2, 0.25) is 5.28 Å². The normalized spacial score (nSPS) is 19.5. The van der Waals surface area contributed by atoms with Gasteiger partial charge in [0.25, 0.3) is 0 Å². The summed E-state index contributed by atoms with van der Waals surface area (Å²) in [4.78, 5) is 15.3. The molecule has 0 spiro atoms. The molecule has 1 saturated heterocycles. The number of nitrogens with one attached hydrogen (secondary N) is 2. The Bertz CT molecular complexity index is 537. The molecular weight excluding hydrogens is 254 g/mol. The van der Waals surface area contributed by atoms with Crippen molar-refractivity contribution < 1.29 is 4.74 Å². The molecule has 7 heteroatoms. The molecule has 2 aromatic heterocycles. The second kappa shape index (κ2) is 5.07. The smallest absolute Gasteiger partial charge is 0.226 e. The van der Waals surface area contributed by atoms with Gasteiger partial charge in [0.15, 0.2) is 11.5 Å². The van der Waals surface area contributed by atoms with Gasteiger partial charge in [-0.1, -0.05) is 0 Å². The number of ether oxygens (including phenoxy) is 1. The predicted molar refractivity (Wildman–Crippen MR) is 68.7 cm³/mol.